The standard InChI is InChI=1S/C9H9BrClN/c1-7-5-9(11)12-6-8(7)3-2-4-10/h2-3,5-6H,4H2,1H3. The third-order valence-electron chi connectivity index (χ3n) is 1.50. The van der Waals surface area contributed by atoms with Crippen LogP contribution >= 0.6 is 27.5 Å². The number of aryl methyl sites for hydroxylation is 1. The average Bonchev–Trinajstić information content (AvgIpc) is 2.03. The van der Waals surface area contributed by atoms with Gasteiger partial charge >= 0.3 is 0 Å². The van der Waals surface area contributed by atoms with Crippen LogP contribution in [0.5, 0.6) is 0 Å². The molecule has 0 amide bonds. The maximum absolute atomic E-state index is 5.71. The van der Waals surface area contributed by atoms with Gasteiger partial charge in [-0.25, -0.2) is 4.98 Å². The molecule has 0 aliphatic carbocycles. The van der Waals surface area contributed by atoms with E-state index >= 15 is 0 Å². The third kappa shape index (κ3) is 2.61. The van der Waals surface area contributed by atoms with Crippen LogP contribution in [0.2, 0.25) is 5.15 Å². The molecule has 1 aromatic heterocycles. The fraction of sp³-hybridized carbons (Fsp3) is 0.222. The van der Waals surface area contributed by atoms with Gasteiger partial charge in [0.05, 0.1) is 0 Å². The highest BCUT2D eigenvalue weighted by Gasteiger charge is 1.95. The summed E-state index contributed by atoms with van der Waals surface area (Å²) in [5, 5.41) is 1.40. The minimum atomic E-state index is 0.545. The number of halogens is 2. The van der Waals surface area contributed by atoms with Gasteiger partial charge in [-0.15, -0.1) is 0 Å². The fourth-order valence-electron chi connectivity index (χ4n) is 0.878. The van der Waals surface area contributed by atoms with Gasteiger partial charge in [-0.1, -0.05) is 39.7 Å². The number of aromatic nitrogens is 1. The van der Waals surface area contributed by atoms with Crippen molar-refractivity contribution in [3.63, 3.8) is 0 Å². The molecule has 0 bridgehead atoms. The normalized spacial score (nSPS) is 10.9. The molecule has 0 saturated carbocycles. The molecule has 0 N–H and O–H groups in total. The Balaban J connectivity index is 2.94. The number of nitrogens with zero attached hydrogens (tertiary/aromatic N) is 1. The van der Waals surface area contributed by atoms with Crippen molar-refractivity contribution in [3.05, 3.63) is 34.6 Å². The predicted octanol–water partition coefficient (Wildman–Crippen LogP) is 3.45. The van der Waals surface area contributed by atoms with E-state index in [0.717, 1.165) is 16.5 Å². The molecule has 0 aromatic carbocycles. The smallest absolute Gasteiger partial charge is 0.129 e. The summed E-state index contributed by atoms with van der Waals surface area (Å²) in [7, 11) is 0. The maximum atomic E-state index is 5.71. The summed E-state index contributed by atoms with van der Waals surface area (Å²) >= 11 is 9.02. The summed E-state index contributed by atoms with van der Waals surface area (Å²) in [5.74, 6) is 0. The molecule has 3 heteroatoms. The highest BCUT2D eigenvalue weighted by molar-refractivity contribution is 9.09. The molecule has 0 aliphatic rings. The number of hydrogen-bond donors (Lipinski definition) is 0. The lowest BCUT2D eigenvalue weighted by Gasteiger charge is -1.98. The number of hydrogen-bond acceptors (Lipinski definition) is 1. The fourth-order valence-corrected chi connectivity index (χ4v) is 1.28. The SMILES string of the molecule is Cc1cc(Cl)ncc1C=CCBr. The monoisotopic (exact) mass is 245 g/mol. The molecule has 1 heterocycles. The largest absolute Gasteiger partial charge is 0.244 e. The van der Waals surface area contributed by atoms with Crippen LogP contribution in [0, 0.1) is 6.92 Å². The lowest BCUT2D eigenvalue weighted by atomic mass is 10.1. The molecule has 0 unspecified atom stereocenters. The Bertz CT molecular complexity index is 297. The quantitative estimate of drug-likeness (QED) is 0.575. The van der Waals surface area contributed by atoms with Gasteiger partial charge in [0.15, 0.2) is 0 Å². The Kier molecular flexibility index (Phi) is 3.76. The van der Waals surface area contributed by atoms with E-state index in [-0.39, 0.29) is 0 Å². The van der Waals surface area contributed by atoms with E-state index in [9.17, 15) is 0 Å². The zero-order chi connectivity index (χ0) is 8.97. The van der Waals surface area contributed by atoms with Crippen molar-refractivity contribution in [2.75, 3.05) is 5.33 Å². The zero-order valence-corrected chi connectivity index (χ0v) is 9.06. The molecule has 64 valence electrons. The molecule has 1 aromatic rings. The van der Waals surface area contributed by atoms with Crippen molar-refractivity contribution < 1.29 is 0 Å². The molecule has 0 spiro atoms. The average molecular weight is 247 g/mol. The highest BCUT2D eigenvalue weighted by Crippen LogP contribution is 2.13. The molecule has 1 nitrogen and oxygen atoms in total. The molecular formula is C9H9BrClN. The van der Waals surface area contributed by atoms with Crippen LogP contribution in [0.4, 0.5) is 0 Å². The Morgan fingerprint density at radius 3 is 3.00 bits per heavy atom. The summed E-state index contributed by atoms with van der Waals surface area (Å²) in [6.45, 7) is 2.02. The minimum Gasteiger partial charge on any atom is -0.244 e. The van der Waals surface area contributed by atoms with E-state index in [0.29, 0.717) is 5.15 Å². The first-order valence-electron chi connectivity index (χ1n) is 3.58. The van der Waals surface area contributed by atoms with Crippen LogP contribution in [0.3, 0.4) is 0 Å². The van der Waals surface area contributed by atoms with Gasteiger partial charge in [0.1, 0.15) is 5.15 Å². The van der Waals surface area contributed by atoms with Gasteiger partial charge in [0.25, 0.3) is 0 Å². The summed E-state index contributed by atoms with van der Waals surface area (Å²) in [6.07, 6.45) is 5.82. The van der Waals surface area contributed by atoms with Crippen molar-refractivity contribution in [1.82, 2.24) is 4.98 Å². The number of pyridine rings is 1. The van der Waals surface area contributed by atoms with Crippen molar-refractivity contribution in [2.24, 2.45) is 0 Å². The van der Waals surface area contributed by atoms with Crippen LogP contribution in [0.25, 0.3) is 6.08 Å². The Labute approximate surface area is 85.6 Å². The molecule has 0 aliphatic heterocycles. The van der Waals surface area contributed by atoms with Gasteiger partial charge in [-0.05, 0) is 24.1 Å². The lowest BCUT2D eigenvalue weighted by Crippen LogP contribution is -1.83. The van der Waals surface area contributed by atoms with E-state index < -0.39 is 0 Å². The molecule has 1 rings (SSSR count). The Hall–Kier alpha value is -0.340. The summed E-state index contributed by atoms with van der Waals surface area (Å²) < 4.78 is 0. The van der Waals surface area contributed by atoms with Crippen molar-refractivity contribution in [2.45, 2.75) is 6.92 Å². The number of allylic oxidation sites excluding steroid dienone is 1. The second kappa shape index (κ2) is 4.63. The zero-order valence-electron chi connectivity index (χ0n) is 6.72. The van der Waals surface area contributed by atoms with Crippen molar-refractivity contribution >= 4 is 33.6 Å². The molecule has 0 radical (unpaired) electrons. The van der Waals surface area contributed by atoms with E-state index in [4.69, 9.17) is 11.6 Å². The Morgan fingerprint density at radius 2 is 2.42 bits per heavy atom. The van der Waals surface area contributed by atoms with Gasteiger partial charge in [0.2, 0.25) is 0 Å². The van der Waals surface area contributed by atoms with E-state index in [1.165, 1.54) is 0 Å². The van der Waals surface area contributed by atoms with Crippen molar-refractivity contribution in [1.29, 1.82) is 0 Å². The van der Waals surface area contributed by atoms with Crippen LogP contribution in [-0.4, -0.2) is 10.3 Å². The first-order chi connectivity index (χ1) is 5.74. The van der Waals surface area contributed by atoms with E-state index in [2.05, 4.69) is 20.9 Å². The van der Waals surface area contributed by atoms with Gasteiger partial charge < -0.3 is 0 Å². The van der Waals surface area contributed by atoms with Gasteiger partial charge in [-0.3, -0.25) is 0 Å². The van der Waals surface area contributed by atoms with Crippen LogP contribution in [-0.2, 0) is 0 Å². The molecule has 0 atom stereocenters. The van der Waals surface area contributed by atoms with E-state index in [1.54, 1.807) is 6.20 Å². The molecule has 0 fully saturated rings. The summed E-state index contributed by atoms with van der Waals surface area (Å²) in [5.41, 5.74) is 2.26. The Morgan fingerprint density at radius 1 is 1.67 bits per heavy atom. The minimum absolute atomic E-state index is 0.545. The molecule has 0 saturated heterocycles. The molecule has 12 heavy (non-hydrogen) atoms. The topological polar surface area (TPSA) is 12.9 Å². The van der Waals surface area contributed by atoms with Gasteiger partial charge in [0, 0.05) is 11.5 Å². The van der Waals surface area contributed by atoms with Crippen molar-refractivity contribution in [3.8, 4) is 0 Å². The third-order valence-corrected chi connectivity index (χ3v) is 2.08. The van der Waals surface area contributed by atoms with Crippen LogP contribution < -0.4 is 0 Å². The lowest BCUT2D eigenvalue weighted by molar-refractivity contribution is 1.27. The van der Waals surface area contributed by atoms with E-state index in [1.807, 2.05) is 25.1 Å². The summed E-state index contributed by atoms with van der Waals surface area (Å²) in [6, 6.07) is 1.86. The highest BCUT2D eigenvalue weighted by atomic mass is 79.9. The van der Waals surface area contributed by atoms with Gasteiger partial charge in [-0.2, -0.15) is 0 Å². The molecular weight excluding hydrogens is 237 g/mol. The predicted molar refractivity (Wildman–Crippen MR) is 56.8 cm³/mol. The second-order valence-corrected chi connectivity index (χ2v) is 3.46. The van der Waals surface area contributed by atoms with Crippen LogP contribution in [0.1, 0.15) is 11.1 Å². The number of rotatable bonds is 2. The number of alkyl halides is 1. The van der Waals surface area contributed by atoms with Crippen LogP contribution in [0.15, 0.2) is 18.3 Å². The maximum Gasteiger partial charge on any atom is 0.129 e. The second-order valence-electron chi connectivity index (χ2n) is 2.42. The first kappa shape index (κ1) is 9.75. The summed E-state index contributed by atoms with van der Waals surface area (Å²) in [4.78, 5) is 3.99. The first-order valence-corrected chi connectivity index (χ1v) is 5.08.